The summed E-state index contributed by atoms with van der Waals surface area (Å²) < 4.78 is 3.27. The van der Waals surface area contributed by atoms with Gasteiger partial charge in [0, 0.05) is 59.4 Å². The Bertz CT molecular complexity index is 2560. The van der Waals surface area contributed by atoms with Crippen molar-refractivity contribution in [3.05, 3.63) is 91.4 Å². The van der Waals surface area contributed by atoms with Crippen molar-refractivity contribution >= 4 is 105 Å². The number of rotatable bonds is 12. The van der Waals surface area contributed by atoms with Gasteiger partial charge in [-0.15, -0.1) is 20.4 Å². The molecule has 2 aliphatic heterocycles. The van der Waals surface area contributed by atoms with E-state index >= 15 is 0 Å². The molecule has 3 amide bonds. The van der Waals surface area contributed by atoms with E-state index in [9.17, 15) is 14.4 Å². The second-order valence-electron chi connectivity index (χ2n) is 13.8. The van der Waals surface area contributed by atoms with Crippen molar-refractivity contribution < 1.29 is 14.4 Å². The number of carbonyl (C=O) groups excluding carboxylic acids is 3. The number of halogens is 4. The van der Waals surface area contributed by atoms with Gasteiger partial charge in [-0.3, -0.25) is 28.1 Å². The first-order valence-corrected chi connectivity index (χ1v) is 21.4. The standard InChI is InChI=1S/C23H27Cl2N9O2.C14H12Cl2N6OS/c24-16-4-3-15(17(25)11-16)12-27-21-19(20(26)36)22-30-28-14-34(22)23(29-21)33-9-7-32(8-10-33)18(35)13-31-5-1-2-6-31;1-24-14-20-12(10(11(17)23)13-21-19-6-22(13)14)18-5-7-2-3-8(15)4-9(7)16/h3-4,11,14,27H,1-2,5-10,12-13H2,(H2,26,36);2-4,6,18H,5H2,1H3,(H2,17,23). The average Bonchev–Trinajstić information content (AvgIpc) is 4.03. The summed E-state index contributed by atoms with van der Waals surface area (Å²) in [6.45, 7) is 5.44. The largest absolute Gasteiger partial charge is 0.365 e. The Labute approximate surface area is 367 Å². The number of benzene rings is 2. The van der Waals surface area contributed by atoms with Crippen LogP contribution >= 0.6 is 58.2 Å². The molecule has 0 bridgehead atoms. The summed E-state index contributed by atoms with van der Waals surface area (Å²) in [6, 6.07) is 10.4. The number of primary amides is 2. The van der Waals surface area contributed by atoms with Crippen LogP contribution in [0.3, 0.4) is 0 Å². The lowest BCUT2D eigenvalue weighted by Gasteiger charge is -2.36. The molecular formula is C37H39Cl4N15O3S. The number of anilines is 3. The van der Waals surface area contributed by atoms with Gasteiger partial charge < -0.3 is 31.9 Å². The van der Waals surface area contributed by atoms with Gasteiger partial charge in [0.05, 0.1) is 6.54 Å². The first-order chi connectivity index (χ1) is 28.9. The molecule has 60 heavy (non-hydrogen) atoms. The third-order valence-electron chi connectivity index (χ3n) is 9.93. The Hall–Kier alpha value is -5.18. The molecule has 2 saturated heterocycles. The zero-order valence-corrected chi connectivity index (χ0v) is 36.0. The fourth-order valence-electron chi connectivity index (χ4n) is 6.88. The molecule has 6 N–H and O–H groups in total. The van der Waals surface area contributed by atoms with Crippen molar-refractivity contribution in [1.82, 2.24) is 49.0 Å². The minimum absolute atomic E-state index is 0.140. The molecule has 314 valence electrons. The van der Waals surface area contributed by atoms with Crippen LogP contribution in [-0.2, 0) is 17.9 Å². The van der Waals surface area contributed by atoms with E-state index in [0.717, 1.165) is 37.1 Å². The van der Waals surface area contributed by atoms with E-state index in [1.165, 1.54) is 24.4 Å². The van der Waals surface area contributed by atoms with E-state index in [2.05, 4.69) is 45.8 Å². The topological polar surface area (TPSA) is 223 Å². The number of hydrogen-bond donors (Lipinski definition) is 4. The van der Waals surface area contributed by atoms with Crippen molar-refractivity contribution in [3.8, 4) is 0 Å². The zero-order chi connectivity index (χ0) is 42.5. The van der Waals surface area contributed by atoms with Crippen molar-refractivity contribution in [2.24, 2.45) is 11.5 Å². The van der Waals surface area contributed by atoms with Crippen LogP contribution in [0.15, 0.2) is 54.2 Å². The van der Waals surface area contributed by atoms with Crippen molar-refractivity contribution in [1.29, 1.82) is 0 Å². The first kappa shape index (κ1) is 42.9. The molecule has 4 aromatic heterocycles. The second-order valence-corrected chi connectivity index (χ2v) is 16.2. The summed E-state index contributed by atoms with van der Waals surface area (Å²) in [5.74, 6) is 0.0310. The molecule has 0 atom stereocenters. The number of fused-ring (bicyclic) bond motifs is 2. The van der Waals surface area contributed by atoms with E-state index in [0.29, 0.717) is 94.1 Å². The molecule has 18 nitrogen and oxygen atoms in total. The summed E-state index contributed by atoms with van der Waals surface area (Å²) >= 11 is 25.8. The molecule has 2 fully saturated rings. The van der Waals surface area contributed by atoms with Gasteiger partial charge in [-0.25, -0.2) is 4.98 Å². The number of nitrogens with two attached hydrogens (primary N) is 2. The minimum Gasteiger partial charge on any atom is -0.365 e. The fourth-order valence-corrected chi connectivity index (χ4v) is 8.34. The van der Waals surface area contributed by atoms with Gasteiger partial charge in [-0.2, -0.15) is 4.98 Å². The van der Waals surface area contributed by atoms with E-state index in [1.807, 2.05) is 11.2 Å². The van der Waals surface area contributed by atoms with Gasteiger partial charge in [0.25, 0.3) is 11.8 Å². The summed E-state index contributed by atoms with van der Waals surface area (Å²) in [4.78, 5) is 52.3. The number of amides is 3. The molecule has 8 rings (SSSR count). The third kappa shape index (κ3) is 9.56. The molecule has 2 aliphatic rings. The molecule has 0 aliphatic carbocycles. The predicted molar refractivity (Wildman–Crippen MR) is 232 cm³/mol. The predicted octanol–water partition coefficient (Wildman–Crippen LogP) is 4.75. The van der Waals surface area contributed by atoms with Gasteiger partial charge in [0.15, 0.2) is 16.5 Å². The van der Waals surface area contributed by atoms with Gasteiger partial charge >= 0.3 is 0 Å². The van der Waals surface area contributed by atoms with E-state index in [1.54, 1.807) is 45.2 Å². The maximum atomic E-state index is 12.8. The van der Waals surface area contributed by atoms with Gasteiger partial charge in [-0.1, -0.05) is 70.3 Å². The highest BCUT2D eigenvalue weighted by atomic mass is 35.5. The molecule has 0 spiro atoms. The third-order valence-corrected chi connectivity index (χ3v) is 11.8. The van der Waals surface area contributed by atoms with Crippen molar-refractivity contribution in [2.45, 2.75) is 31.1 Å². The monoisotopic (exact) mass is 913 g/mol. The summed E-state index contributed by atoms with van der Waals surface area (Å²) in [6.07, 6.45) is 7.17. The Morgan fingerprint density at radius 2 is 1.23 bits per heavy atom. The Balaban J connectivity index is 0.000000197. The van der Waals surface area contributed by atoms with Crippen molar-refractivity contribution in [2.75, 3.05) is 67.6 Å². The molecule has 6 aromatic rings. The molecule has 0 unspecified atom stereocenters. The van der Waals surface area contributed by atoms with Gasteiger partial charge in [-0.05, 0) is 67.6 Å². The number of piperazine rings is 1. The highest BCUT2D eigenvalue weighted by Gasteiger charge is 2.28. The molecular weight excluding hydrogens is 876 g/mol. The van der Waals surface area contributed by atoms with Crippen LogP contribution in [0.4, 0.5) is 17.6 Å². The zero-order valence-electron chi connectivity index (χ0n) is 32.1. The van der Waals surface area contributed by atoms with Crippen LogP contribution in [0.1, 0.15) is 44.7 Å². The number of likely N-dealkylation sites (tertiary alicyclic amines) is 1. The lowest BCUT2D eigenvalue weighted by molar-refractivity contribution is -0.132. The Morgan fingerprint density at radius 1 is 0.717 bits per heavy atom. The smallest absolute Gasteiger partial charge is 0.256 e. The number of aromatic nitrogens is 8. The van der Waals surface area contributed by atoms with E-state index < -0.39 is 11.8 Å². The molecule has 23 heteroatoms. The molecule has 0 radical (unpaired) electrons. The molecule has 0 saturated carbocycles. The SMILES string of the molecule is CSc1nc(NCc2ccc(Cl)cc2Cl)c(C(N)=O)c2nncn12.NC(=O)c1c(NCc2ccc(Cl)cc2Cl)nc(N2CCN(C(=O)CN3CCCC3)CC2)n2cnnc12. The van der Waals surface area contributed by atoms with Gasteiger partial charge in [0.2, 0.25) is 11.9 Å². The number of nitrogens with zero attached hydrogens (tertiary/aromatic N) is 11. The van der Waals surface area contributed by atoms with E-state index in [4.69, 9.17) is 62.9 Å². The number of thioether (sulfide) groups is 1. The Morgan fingerprint density at radius 3 is 1.75 bits per heavy atom. The summed E-state index contributed by atoms with van der Waals surface area (Å²) in [7, 11) is 0. The normalized spacial score (nSPS) is 14.3. The highest BCUT2D eigenvalue weighted by Crippen LogP contribution is 2.28. The highest BCUT2D eigenvalue weighted by molar-refractivity contribution is 7.98. The van der Waals surface area contributed by atoms with Crippen LogP contribution < -0.4 is 27.0 Å². The van der Waals surface area contributed by atoms with E-state index in [-0.39, 0.29) is 22.9 Å². The average molecular weight is 916 g/mol. The van der Waals surface area contributed by atoms with Crippen molar-refractivity contribution in [3.63, 3.8) is 0 Å². The van der Waals surface area contributed by atoms with Crippen LogP contribution in [-0.4, -0.2) is 119 Å². The summed E-state index contributed by atoms with van der Waals surface area (Å²) in [5.41, 5.74) is 13.8. The fraction of sp³-hybridized carbons (Fsp3) is 0.324. The van der Waals surface area contributed by atoms with Crippen LogP contribution in [0.5, 0.6) is 0 Å². The number of carbonyl (C=O) groups is 3. The number of hydrogen-bond acceptors (Lipinski definition) is 14. The first-order valence-electron chi connectivity index (χ1n) is 18.6. The second kappa shape index (κ2) is 19.0. The maximum Gasteiger partial charge on any atom is 0.256 e. The van der Waals surface area contributed by atoms with Crippen LogP contribution in [0.25, 0.3) is 11.3 Å². The molecule has 6 heterocycles. The maximum absolute atomic E-state index is 12.8. The van der Waals surface area contributed by atoms with Crippen LogP contribution in [0.2, 0.25) is 20.1 Å². The number of nitrogens with one attached hydrogen (secondary N) is 2. The lowest BCUT2D eigenvalue weighted by atomic mass is 10.2. The minimum atomic E-state index is -0.672. The van der Waals surface area contributed by atoms with Crippen LogP contribution in [0, 0.1) is 0 Å². The summed E-state index contributed by atoms with van der Waals surface area (Å²) in [5, 5.41) is 24.9. The lowest BCUT2D eigenvalue weighted by Crippen LogP contribution is -2.51. The quantitative estimate of drug-likeness (QED) is 0.0962. The Kier molecular flexibility index (Phi) is 13.6. The molecule has 2 aromatic carbocycles. The van der Waals surface area contributed by atoms with Gasteiger partial charge in [0.1, 0.15) is 35.4 Å².